The molecule has 12 rings (SSSR count). The van der Waals surface area contributed by atoms with Gasteiger partial charge in [-0.3, -0.25) is 48.8 Å². The van der Waals surface area contributed by atoms with Crippen molar-refractivity contribution in [2.24, 2.45) is 16.2 Å². The standard InChI is InChI=1S/C65H76F5N9O10S3/c1-62(2)23-21-43(51(36-62)63-39-64(40-63,41-63)61(66)67)37-76-28-30-77(31-29-76)46-14-11-42(12-15-46)57(82)74-92(88,89)48-16-18-52(54(35-48)91(86,87)65(68,69)70)72-45(38-90-47-8-4-3-5-9-47)22-25-75-26-32-78(33-27-75)56(81)10-6-7-24-71-44-13-17-49-50(34-44)60(85)79(59(49)84)53-19-20-55(80)73-58(53)83/h3-5,8-9,11-18,34-35,45,53,61,71-72H,6-7,10,19-33,36-41H2,1-2H3,(H,74,82)(H,73,80,83)/t45-,53?,63?,64?/m1/s1. The molecule has 0 aromatic heterocycles. The molecule has 0 spiro atoms. The molecule has 6 fully saturated rings. The second-order valence-electron chi connectivity index (χ2n) is 26.3. The summed E-state index contributed by atoms with van der Waals surface area (Å²) in [6.07, 6.45) is 4.18. The number of piperazine rings is 2. The Hall–Kier alpha value is -6.94. The molecular weight excluding hydrogens is 1260 g/mol. The fraction of sp³-hybridized carbons (Fsp3) is 0.508. The van der Waals surface area contributed by atoms with Crippen LogP contribution in [0.1, 0.15) is 122 Å². The number of carbonyl (C=O) groups excluding carboxylic acids is 6. The van der Waals surface area contributed by atoms with Gasteiger partial charge in [0.05, 0.1) is 21.7 Å². The van der Waals surface area contributed by atoms with E-state index < -0.39 is 94.3 Å². The van der Waals surface area contributed by atoms with Gasteiger partial charge in [-0.25, -0.2) is 30.3 Å². The van der Waals surface area contributed by atoms with Crippen LogP contribution in [0.4, 0.5) is 39.0 Å². The lowest BCUT2D eigenvalue weighted by Crippen LogP contribution is -2.66. The van der Waals surface area contributed by atoms with Gasteiger partial charge in [0.1, 0.15) is 10.9 Å². The molecule has 494 valence electrons. The number of nitrogens with zero attached hydrogens (tertiary/aromatic N) is 5. The summed E-state index contributed by atoms with van der Waals surface area (Å²) in [4.78, 5) is 85.2. The Kier molecular flexibility index (Phi) is 19.1. The van der Waals surface area contributed by atoms with Gasteiger partial charge in [0.2, 0.25) is 24.1 Å². The molecule has 1 unspecified atom stereocenters. The Morgan fingerprint density at radius 2 is 1.47 bits per heavy atom. The minimum Gasteiger partial charge on any atom is -0.385 e. The zero-order valence-corrected chi connectivity index (χ0v) is 53.7. The number of unbranched alkanes of at least 4 members (excludes halogenated alkanes) is 1. The third kappa shape index (κ3) is 14.1. The number of anilines is 3. The van der Waals surface area contributed by atoms with Crippen molar-refractivity contribution in [1.29, 1.82) is 0 Å². The van der Waals surface area contributed by atoms with Crippen LogP contribution in [0.3, 0.4) is 0 Å². The second kappa shape index (κ2) is 26.5. The average Bonchev–Trinajstić information content (AvgIpc) is 0.816. The minimum atomic E-state index is -6.18. The van der Waals surface area contributed by atoms with Crippen molar-refractivity contribution in [2.75, 3.05) is 93.3 Å². The van der Waals surface area contributed by atoms with E-state index in [4.69, 9.17) is 0 Å². The number of allylic oxidation sites excluding steroid dienone is 1. The molecule has 92 heavy (non-hydrogen) atoms. The maximum Gasteiger partial charge on any atom is 0.501 e. The number of nitrogens with one attached hydrogen (secondary N) is 4. The number of hydrogen-bond acceptors (Lipinski definition) is 16. The third-order valence-corrected chi connectivity index (χ3v) is 23.4. The van der Waals surface area contributed by atoms with E-state index in [-0.39, 0.29) is 58.4 Å². The zero-order chi connectivity index (χ0) is 65.5. The Labute approximate surface area is 536 Å². The van der Waals surface area contributed by atoms with Gasteiger partial charge in [-0.1, -0.05) is 43.2 Å². The molecule has 19 nitrogen and oxygen atoms in total. The van der Waals surface area contributed by atoms with E-state index in [1.807, 2.05) is 35.1 Å². The number of amides is 6. The van der Waals surface area contributed by atoms with Gasteiger partial charge in [0.15, 0.2) is 0 Å². The number of benzene rings is 4. The van der Waals surface area contributed by atoms with Crippen LogP contribution < -0.4 is 25.6 Å². The van der Waals surface area contributed by atoms with E-state index in [9.17, 15) is 67.6 Å². The molecule has 2 bridgehead atoms. The molecule has 3 saturated heterocycles. The highest BCUT2D eigenvalue weighted by atomic mass is 32.2. The molecule has 4 N–H and O–H groups in total. The lowest BCUT2D eigenvalue weighted by atomic mass is 9.32. The summed E-state index contributed by atoms with van der Waals surface area (Å²) in [5.74, 6) is -3.25. The van der Waals surface area contributed by atoms with E-state index in [0.29, 0.717) is 103 Å². The summed E-state index contributed by atoms with van der Waals surface area (Å²) in [6.45, 7) is 10.8. The predicted molar refractivity (Wildman–Crippen MR) is 336 cm³/mol. The first-order valence-electron chi connectivity index (χ1n) is 31.3. The Morgan fingerprint density at radius 1 is 0.783 bits per heavy atom. The first kappa shape index (κ1) is 66.5. The normalized spacial score (nSPS) is 23.2. The van der Waals surface area contributed by atoms with Crippen molar-refractivity contribution < 1.29 is 67.6 Å². The predicted octanol–water partition coefficient (Wildman–Crippen LogP) is 8.95. The summed E-state index contributed by atoms with van der Waals surface area (Å²) in [5, 5.41) is 8.39. The van der Waals surface area contributed by atoms with Crippen molar-refractivity contribution in [2.45, 2.75) is 130 Å². The van der Waals surface area contributed by atoms with Crippen molar-refractivity contribution in [3.8, 4) is 0 Å². The number of thioether (sulfide) groups is 1. The number of sulfone groups is 1. The van der Waals surface area contributed by atoms with Gasteiger partial charge in [0, 0.05) is 124 Å². The maximum absolute atomic E-state index is 14.5. The Morgan fingerprint density at radius 3 is 2.14 bits per heavy atom. The molecule has 4 aromatic rings. The lowest BCUT2D eigenvalue weighted by Gasteiger charge is -2.72. The van der Waals surface area contributed by atoms with Crippen LogP contribution in [-0.4, -0.2) is 174 Å². The summed E-state index contributed by atoms with van der Waals surface area (Å²) in [6, 6.07) is 20.7. The van der Waals surface area contributed by atoms with E-state index in [1.165, 1.54) is 41.1 Å². The van der Waals surface area contributed by atoms with E-state index in [0.717, 1.165) is 66.5 Å². The highest BCUT2D eigenvalue weighted by Gasteiger charge is 2.73. The van der Waals surface area contributed by atoms with Crippen LogP contribution in [0.5, 0.6) is 0 Å². The van der Waals surface area contributed by atoms with Crippen LogP contribution in [0.15, 0.2) is 117 Å². The molecule has 3 saturated carbocycles. The van der Waals surface area contributed by atoms with Crippen LogP contribution >= 0.6 is 11.8 Å². The van der Waals surface area contributed by atoms with E-state index >= 15 is 0 Å². The first-order chi connectivity index (χ1) is 43.6. The van der Waals surface area contributed by atoms with Gasteiger partial charge in [-0.2, -0.15) is 13.2 Å². The summed E-state index contributed by atoms with van der Waals surface area (Å²) >= 11 is 1.38. The number of piperidine rings is 1. The van der Waals surface area contributed by atoms with Gasteiger partial charge in [-0.05, 0) is 148 Å². The molecule has 27 heteroatoms. The van der Waals surface area contributed by atoms with Crippen molar-refractivity contribution in [1.82, 2.24) is 29.6 Å². The highest BCUT2D eigenvalue weighted by molar-refractivity contribution is 7.99. The number of rotatable bonds is 24. The van der Waals surface area contributed by atoms with Crippen LogP contribution in [0.25, 0.3) is 0 Å². The topological polar surface area (TPSA) is 235 Å². The minimum absolute atomic E-state index is 0.0105. The van der Waals surface area contributed by atoms with Gasteiger partial charge < -0.3 is 20.4 Å². The van der Waals surface area contributed by atoms with Crippen molar-refractivity contribution >= 4 is 84.1 Å². The molecular formula is C65H76F5N9O10S3. The smallest absolute Gasteiger partial charge is 0.385 e. The first-order valence-corrected chi connectivity index (χ1v) is 35.2. The van der Waals surface area contributed by atoms with E-state index in [1.54, 1.807) is 29.2 Å². The lowest BCUT2D eigenvalue weighted by molar-refractivity contribution is -0.250. The van der Waals surface area contributed by atoms with Gasteiger partial charge in [-0.15, -0.1) is 11.8 Å². The fourth-order valence-corrected chi connectivity index (χ4v) is 17.2. The monoisotopic (exact) mass is 1330 g/mol. The van der Waals surface area contributed by atoms with Crippen molar-refractivity contribution in [3.63, 3.8) is 0 Å². The number of alkyl halides is 5. The largest absolute Gasteiger partial charge is 0.501 e. The quantitative estimate of drug-likeness (QED) is 0.0168. The second-order valence-corrected chi connectivity index (χ2v) is 31.0. The summed E-state index contributed by atoms with van der Waals surface area (Å²) < 4.78 is 127. The maximum atomic E-state index is 14.5. The van der Waals surface area contributed by atoms with Gasteiger partial charge in [0.25, 0.3) is 37.6 Å². The van der Waals surface area contributed by atoms with Crippen LogP contribution in [-0.2, 0) is 34.2 Å². The zero-order valence-electron chi connectivity index (χ0n) is 51.3. The third-order valence-electron chi connectivity index (χ3n) is 19.4. The molecule has 2 atom stereocenters. The summed E-state index contributed by atoms with van der Waals surface area (Å²) in [5.41, 5.74) is -2.65. The SMILES string of the molecule is CC1(C)CCC(CN2CCN(c3ccc(C(=O)NS(=O)(=O)c4ccc(N[C@H](CCN5CCN(C(=O)CCCCNc6ccc7c(c6)C(=O)N(C6CCC(=O)NC6=O)C7=O)CC5)CSc5ccccc5)c(S(=O)(=O)C(F)(F)F)c4)cc3)CC2)=C(C23CC(C(F)F)(C2)C3)C1. The molecule has 0 radical (unpaired) electrons. The molecule has 4 aliphatic carbocycles. The Balaban J connectivity index is 0.668. The highest BCUT2D eigenvalue weighted by Crippen LogP contribution is 2.79. The number of fused-ring (bicyclic) bond motifs is 1. The molecule has 4 aliphatic heterocycles. The molecule has 4 heterocycles. The van der Waals surface area contributed by atoms with Crippen LogP contribution in [0, 0.1) is 16.2 Å². The van der Waals surface area contributed by atoms with Crippen molar-refractivity contribution in [3.05, 3.63) is 119 Å². The van der Waals surface area contributed by atoms with E-state index in [2.05, 4.69) is 44.5 Å². The molecule has 8 aliphatic rings. The van der Waals surface area contributed by atoms with Crippen LogP contribution in [0.2, 0.25) is 0 Å². The number of carbonyl (C=O) groups is 6. The number of imide groups is 2. The van der Waals surface area contributed by atoms with Gasteiger partial charge >= 0.3 is 5.51 Å². The summed E-state index contributed by atoms with van der Waals surface area (Å²) in [7, 11) is -11.1. The number of sulfonamides is 1. The molecule has 4 aromatic carbocycles. The Bertz CT molecular complexity index is 3760. The average molecular weight is 1330 g/mol. The number of hydrogen-bond donors (Lipinski definition) is 4. The number of halogens is 5. The fourth-order valence-electron chi connectivity index (χ4n) is 14.2. The molecule has 6 amide bonds.